The highest BCUT2D eigenvalue weighted by Gasteiger charge is 2.31. The summed E-state index contributed by atoms with van der Waals surface area (Å²) in [6.45, 7) is 0. The Morgan fingerprint density at radius 2 is 1.90 bits per heavy atom. The SMILES string of the molecule is Nc1cc(Oc2cc(C(F)(F)F)ccn2)c(Cl)cc1F. The van der Waals surface area contributed by atoms with Gasteiger partial charge in [0.25, 0.3) is 0 Å². The van der Waals surface area contributed by atoms with Crippen molar-refractivity contribution < 1.29 is 22.3 Å². The summed E-state index contributed by atoms with van der Waals surface area (Å²) in [6, 6.07) is 3.48. The van der Waals surface area contributed by atoms with E-state index in [1.807, 2.05) is 0 Å². The zero-order chi connectivity index (χ0) is 14.9. The number of halogens is 5. The number of anilines is 1. The van der Waals surface area contributed by atoms with E-state index in [-0.39, 0.29) is 22.3 Å². The number of ether oxygens (including phenoxy) is 1. The van der Waals surface area contributed by atoms with Crippen molar-refractivity contribution in [3.63, 3.8) is 0 Å². The maximum absolute atomic E-state index is 13.1. The van der Waals surface area contributed by atoms with Crippen LogP contribution in [-0.4, -0.2) is 4.98 Å². The van der Waals surface area contributed by atoms with E-state index in [0.29, 0.717) is 6.07 Å². The first-order valence-corrected chi connectivity index (χ1v) is 5.61. The van der Waals surface area contributed by atoms with Crippen LogP contribution in [0.15, 0.2) is 30.5 Å². The smallest absolute Gasteiger partial charge is 0.416 e. The van der Waals surface area contributed by atoms with Crippen LogP contribution in [0.3, 0.4) is 0 Å². The van der Waals surface area contributed by atoms with Gasteiger partial charge in [-0.15, -0.1) is 0 Å². The highest BCUT2D eigenvalue weighted by atomic mass is 35.5. The van der Waals surface area contributed by atoms with Crippen molar-refractivity contribution in [2.24, 2.45) is 0 Å². The minimum atomic E-state index is -4.52. The molecule has 0 aliphatic heterocycles. The van der Waals surface area contributed by atoms with E-state index in [9.17, 15) is 17.6 Å². The third-order valence-electron chi connectivity index (χ3n) is 2.33. The summed E-state index contributed by atoms with van der Waals surface area (Å²) in [7, 11) is 0. The number of hydrogen-bond acceptors (Lipinski definition) is 3. The van der Waals surface area contributed by atoms with Gasteiger partial charge in [-0.25, -0.2) is 9.37 Å². The predicted octanol–water partition coefficient (Wildman–Crippen LogP) is 4.27. The molecule has 106 valence electrons. The van der Waals surface area contributed by atoms with Gasteiger partial charge < -0.3 is 10.5 Å². The van der Waals surface area contributed by atoms with Gasteiger partial charge in [0.15, 0.2) is 0 Å². The number of nitrogens with zero attached hydrogens (tertiary/aromatic N) is 1. The zero-order valence-electron chi connectivity index (χ0n) is 9.71. The van der Waals surface area contributed by atoms with Gasteiger partial charge in [0, 0.05) is 18.3 Å². The van der Waals surface area contributed by atoms with Crippen LogP contribution in [0.5, 0.6) is 11.6 Å². The van der Waals surface area contributed by atoms with Crippen LogP contribution in [0, 0.1) is 5.82 Å². The van der Waals surface area contributed by atoms with E-state index in [2.05, 4.69) is 4.98 Å². The van der Waals surface area contributed by atoms with E-state index in [4.69, 9.17) is 22.1 Å². The van der Waals surface area contributed by atoms with Gasteiger partial charge in [-0.3, -0.25) is 0 Å². The quantitative estimate of drug-likeness (QED) is 0.666. The largest absolute Gasteiger partial charge is 0.437 e. The first-order chi connectivity index (χ1) is 9.27. The lowest BCUT2D eigenvalue weighted by atomic mass is 10.2. The van der Waals surface area contributed by atoms with Gasteiger partial charge in [-0.1, -0.05) is 11.6 Å². The molecule has 2 rings (SSSR count). The van der Waals surface area contributed by atoms with Crippen molar-refractivity contribution >= 4 is 17.3 Å². The highest BCUT2D eigenvalue weighted by Crippen LogP contribution is 2.34. The summed E-state index contributed by atoms with van der Waals surface area (Å²) in [5.41, 5.74) is 4.17. The number of hydrogen-bond donors (Lipinski definition) is 1. The zero-order valence-corrected chi connectivity index (χ0v) is 10.5. The van der Waals surface area contributed by atoms with Crippen LogP contribution >= 0.6 is 11.6 Å². The lowest BCUT2D eigenvalue weighted by Crippen LogP contribution is -2.05. The minimum absolute atomic E-state index is 0.0857. The van der Waals surface area contributed by atoms with Crippen LogP contribution in [0.4, 0.5) is 23.2 Å². The van der Waals surface area contributed by atoms with Gasteiger partial charge in [0.2, 0.25) is 5.88 Å². The molecular weight excluding hydrogens is 300 g/mol. The van der Waals surface area contributed by atoms with Crippen LogP contribution in [0.2, 0.25) is 5.02 Å². The molecule has 20 heavy (non-hydrogen) atoms. The van der Waals surface area contributed by atoms with E-state index in [1.165, 1.54) is 0 Å². The Bertz CT molecular complexity index is 646. The van der Waals surface area contributed by atoms with E-state index in [0.717, 1.165) is 24.4 Å². The number of nitrogen functional groups attached to an aromatic ring is 1. The summed E-state index contributed by atoms with van der Waals surface area (Å²) in [5, 5.41) is -0.129. The van der Waals surface area contributed by atoms with Gasteiger partial charge in [-0.2, -0.15) is 13.2 Å². The van der Waals surface area contributed by atoms with Crippen molar-refractivity contribution in [1.82, 2.24) is 4.98 Å². The summed E-state index contributed by atoms with van der Waals surface area (Å²) >= 11 is 5.71. The van der Waals surface area contributed by atoms with Gasteiger partial charge >= 0.3 is 6.18 Å². The lowest BCUT2D eigenvalue weighted by molar-refractivity contribution is -0.137. The Morgan fingerprint density at radius 1 is 1.20 bits per heavy atom. The molecule has 0 aliphatic carbocycles. The van der Waals surface area contributed by atoms with Crippen molar-refractivity contribution in [3.8, 4) is 11.6 Å². The molecule has 1 heterocycles. The topological polar surface area (TPSA) is 48.1 Å². The molecule has 3 nitrogen and oxygen atoms in total. The van der Waals surface area contributed by atoms with Crippen LogP contribution in [-0.2, 0) is 6.18 Å². The van der Waals surface area contributed by atoms with E-state index in [1.54, 1.807) is 0 Å². The molecule has 2 N–H and O–H groups in total. The summed E-state index contributed by atoms with van der Waals surface area (Å²) in [5.74, 6) is -1.16. The normalized spacial score (nSPS) is 11.4. The molecule has 0 radical (unpaired) electrons. The summed E-state index contributed by atoms with van der Waals surface area (Å²) in [4.78, 5) is 3.63. The van der Waals surface area contributed by atoms with Crippen molar-refractivity contribution in [2.45, 2.75) is 6.18 Å². The Labute approximate surface area is 115 Å². The molecule has 0 aliphatic rings. The second kappa shape index (κ2) is 5.16. The molecule has 0 atom stereocenters. The van der Waals surface area contributed by atoms with Crippen LogP contribution < -0.4 is 10.5 Å². The first-order valence-electron chi connectivity index (χ1n) is 5.23. The molecule has 0 spiro atoms. The van der Waals surface area contributed by atoms with E-state index >= 15 is 0 Å². The molecule has 1 aromatic carbocycles. The molecule has 1 aromatic heterocycles. The molecular formula is C12H7ClF4N2O. The van der Waals surface area contributed by atoms with Crippen LogP contribution in [0.1, 0.15) is 5.56 Å². The standard InChI is InChI=1S/C12H7ClF4N2O/c13-7-4-8(14)9(18)5-10(7)20-11-3-6(1-2-19-11)12(15,16)17/h1-5H,18H2. The number of aromatic nitrogens is 1. The number of nitrogens with two attached hydrogens (primary N) is 1. The number of pyridine rings is 1. The average molecular weight is 307 g/mol. The first kappa shape index (κ1) is 14.4. The predicted molar refractivity (Wildman–Crippen MR) is 65.1 cm³/mol. The van der Waals surface area contributed by atoms with Crippen LogP contribution in [0.25, 0.3) is 0 Å². The second-order valence-corrected chi connectivity index (χ2v) is 4.19. The summed E-state index contributed by atoms with van der Waals surface area (Å²) in [6.07, 6.45) is -3.58. The Balaban J connectivity index is 2.33. The fourth-order valence-electron chi connectivity index (χ4n) is 1.38. The molecule has 0 saturated carbocycles. The third kappa shape index (κ3) is 3.11. The van der Waals surface area contributed by atoms with Gasteiger partial charge in [-0.05, 0) is 12.1 Å². The molecule has 8 heteroatoms. The molecule has 0 fully saturated rings. The molecule has 0 saturated heterocycles. The number of alkyl halides is 3. The Hall–Kier alpha value is -2.02. The van der Waals surface area contributed by atoms with Gasteiger partial charge in [0.1, 0.15) is 11.6 Å². The minimum Gasteiger partial charge on any atom is -0.437 e. The second-order valence-electron chi connectivity index (χ2n) is 3.79. The average Bonchev–Trinajstić information content (AvgIpc) is 2.35. The van der Waals surface area contributed by atoms with E-state index < -0.39 is 17.6 Å². The Morgan fingerprint density at radius 3 is 2.55 bits per heavy atom. The fraction of sp³-hybridized carbons (Fsp3) is 0.0833. The number of benzene rings is 1. The molecule has 0 unspecified atom stereocenters. The van der Waals surface area contributed by atoms with Crippen molar-refractivity contribution in [1.29, 1.82) is 0 Å². The monoisotopic (exact) mass is 306 g/mol. The maximum atomic E-state index is 13.1. The lowest BCUT2D eigenvalue weighted by Gasteiger charge is -2.10. The highest BCUT2D eigenvalue weighted by molar-refractivity contribution is 6.32. The van der Waals surface area contributed by atoms with Gasteiger partial charge in [0.05, 0.1) is 16.3 Å². The van der Waals surface area contributed by atoms with Crippen molar-refractivity contribution in [2.75, 3.05) is 5.73 Å². The third-order valence-corrected chi connectivity index (χ3v) is 2.62. The Kier molecular flexibility index (Phi) is 3.71. The fourth-order valence-corrected chi connectivity index (χ4v) is 1.57. The molecule has 2 aromatic rings. The molecule has 0 amide bonds. The summed E-state index contributed by atoms with van der Waals surface area (Å²) < 4.78 is 55.8. The molecule has 0 bridgehead atoms. The maximum Gasteiger partial charge on any atom is 0.416 e. The number of rotatable bonds is 2. The van der Waals surface area contributed by atoms with Crippen molar-refractivity contribution in [3.05, 3.63) is 46.9 Å².